The van der Waals surface area contributed by atoms with Crippen LogP contribution in [0.5, 0.6) is 11.5 Å². The minimum absolute atomic E-state index is 0.728. The summed E-state index contributed by atoms with van der Waals surface area (Å²) in [5, 5.41) is 4.77. The summed E-state index contributed by atoms with van der Waals surface area (Å²) in [5.41, 5.74) is 10.8. The lowest BCUT2D eigenvalue weighted by Gasteiger charge is -2.10. The third-order valence-electron chi connectivity index (χ3n) is 11.4. The summed E-state index contributed by atoms with van der Waals surface area (Å²) >= 11 is 1.83. The number of rotatable bonds is 7. The lowest BCUT2D eigenvalue weighted by atomic mass is 9.95. The highest BCUT2D eigenvalue weighted by atomic mass is 32.1. The van der Waals surface area contributed by atoms with Crippen LogP contribution in [0.15, 0.2) is 206 Å². The smallest absolute Gasteiger partial charge is 0.457 e. The maximum atomic E-state index is 6.74. The monoisotopic (exact) mass is 786 g/mol. The molecule has 0 unspecified atom stereocenters. The van der Waals surface area contributed by atoms with E-state index in [0.29, 0.717) is 0 Å². The Hall–Kier alpha value is -7.89. The molecule has 3 aromatic heterocycles. The van der Waals surface area contributed by atoms with E-state index in [1.807, 2.05) is 41.8 Å². The first-order valence-electron chi connectivity index (χ1n) is 20.0. The summed E-state index contributed by atoms with van der Waals surface area (Å²) in [6.45, 7) is 0. The third kappa shape index (κ3) is 5.51. The van der Waals surface area contributed by atoms with Crippen molar-refractivity contribution in [1.82, 2.24) is 18.7 Å². The van der Waals surface area contributed by atoms with Crippen molar-refractivity contribution >= 4 is 82.1 Å². The first-order valence-corrected chi connectivity index (χ1v) is 20.9. The van der Waals surface area contributed by atoms with E-state index in [-0.39, 0.29) is 0 Å². The summed E-state index contributed by atoms with van der Waals surface area (Å²) in [7, 11) is 0. The lowest BCUT2D eigenvalue weighted by molar-refractivity contribution is 0.483. The summed E-state index contributed by atoms with van der Waals surface area (Å²) in [4.78, 5) is 4.72. The Morgan fingerprint density at radius 3 is 1.95 bits per heavy atom. The van der Waals surface area contributed by atoms with Crippen molar-refractivity contribution in [2.75, 3.05) is 0 Å². The minimum Gasteiger partial charge on any atom is -0.457 e. The highest BCUT2D eigenvalue weighted by Crippen LogP contribution is 2.50. The molecule has 0 N–H and O–H groups in total. The molecule has 4 heterocycles. The first-order chi connectivity index (χ1) is 29.8. The lowest BCUT2D eigenvalue weighted by Crippen LogP contribution is -2.04. The van der Waals surface area contributed by atoms with Crippen LogP contribution in [0.2, 0.25) is 0 Å². The van der Waals surface area contributed by atoms with Crippen LogP contribution in [0.25, 0.3) is 70.0 Å². The molecule has 0 fully saturated rings. The normalized spacial score (nSPS) is 12.3. The largest absolute Gasteiger partial charge is 0.503 e. The summed E-state index contributed by atoms with van der Waals surface area (Å²) in [6.07, 6.45) is 1.84. The standard InChI is InChI=1S/C54H34N4OS/c1-3-15-36(16-4-1)41-23-14-24-42(37-17-5-2-6-18-37)53(41)57-35-56(47-30-31-50-52(54(47)57)45-22-8-10-26-49(45)60-50)38-19-13-20-39(33-38)59-40-28-29-44-43-21-7-9-25-46(43)58(48(44)34-40)51-27-11-12-32-55-51/h1-34H/q+2. The molecule has 0 atom stereocenters. The predicted molar refractivity (Wildman–Crippen MR) is 250 cm³/mol. The molecule has 5 nitrogen and oxygen atoms in total. The molecule has 1 aliphatic rings. The van der Waals surface area contributed by atoms with Gasteiger partial charge in [-0.05, 0) is 80.9 Å². The van der Waals surface area contributed by atoms with Crippen LogP contribution in [-0.2, 0) is 0 Å². The Balaban J connectivity index is 1.06. The molecule has 0 saturated carbocycles. The molecule has 0 bridgehead atoms. The van der Waals surface area contributed by atoms with Crippen LogP contribution in [0.4, 0.5) is 22.7 Å². The quantitative estimate of drug-likeness (QED) is 0.151. The molecule has 0 radical (unpaired) electrons. The van der Waals surface area contributed by atoms with Crippen LogP contribution in [0.1, 0.15) is 0 Å². The van der Waals surface area contributed by atoms with Gasteiger partial charge in [-0.15, -0.1) is 11.3 Å². The second-order valence-corrected chi connectivity index (χ2v) is 16.0. The van der Waals surface area contributed by atoms with Gasteiger partial charge in [0.2, 0.25) is 11.4 Å². The van der Waals surface area contributed by atoms with E-state index in [9.17, 15) is 0 Å². The van der Waals surface area contributed by atoms with Crippen molar-refractivity contribution in [3.8, 4) is 39.6 Å². The van der Waals surface area contributed by atoms with Crippen LogP contribution < -0.4 is 13.9 Å². The Morgan fingerprint density at radius 1 is 0.483 bits per heavy atom. The fraction of sp³-hybridized carbons (Fsp3) is 0. The number of benzene rings is 8. The molecule has 60 heavy (non-hydrogen) atoms. The van der Waals surface area contributed by atoms with Gasteiger partial charge in [-0.1, -0.05) is 115 Å². The third-order valence-corrected chi connectivity index (χ3v) is 12.6. The van der Waals surface area contributed by atoms with Crippen LogP contribution in [0.3, 0.4) is 0 Å². The van der Waals surface area contributed by atoms with Gasteiger partial charge in [-0.2, -0.15) is 0 Å². The molecule has 6 heteroatoms. The van der Waals surface area contributed by atoms with Crippen molar-refractivity contribution in [3.63, 3.8) is 0 Å². The van der Waals surface area contributed by atoms with Gasteiger partial charge < -0.3 is 4.74 Å². The molecule has 12 rings (SSSR count). The Labute approximate surface area is 349 Å². The van der Waals surface area contributed by atoms with Crippen molar-refractivity contribution in [2.45, 2.75) is 0 Å². The fourth-order valence-corrected chi connectivity index (χ4v) is 9.92. The van der Waals surface area contributed by atoms with Crippen molar-refractivity contribution in [3.05, 3.63) is 206 Å². The van der Waals surface area contributed by atoms with Crippen LogP contribution in [0, 0.1) is 0 Å². The van der Waals surface area contributed by atoms with Gasteiger partial charge in [0.05, 0.1) is 33.6 Å². The van der Waals surface area contributed by atoms with Gasteiger partial charge in [0.25, 0.3) is 5.69 Å². The molecule has 11 aromatic rings. The highest BCUT2D eigenvalue weighted by Gasteiger charge is 2.42. The Morgan fingerprint density at radius 2 is 1.17 bits per heavy atom. The summed E-state index contributed by atoms with van der Waals surface area (Å²) in [5.74, 6) is 2.33. The summed E-state index contributed by atoms with van der Waals surface area (Å²) in [6, 6.07) is 74.2. The second kappa shape index (κ2) is 13.9. The number of aromatic nitrogens is 2. The number of para-hydroxylation sites is 2. The van der Waals surface area contributed by atoms with Gasteiger partial charge in [0, 0.05) is 50.0 Å². The molecule has 0 saturated heterocycles. The zero-order valence-electron chi connectivity index (χ0n) is 32.2. The maximum Gasteiger partial charge on any atom is 0.503 e. The van der Waals surface area contributed by atoms with E-state index in [1.54, 1.807) is 0 Å². The topological polar surface area (TPSA) is 33.1 Å². The number of thiophene rings is 1. The van der Waals surface area contributed by atoms with Gasteiger partial charge in [-0.25, -0.2) is 4.98 Å². The van der Waals surface area contributed by atoms with Crippen LogP contribution in [-0.4, -0.2) is 15.6 Å². The van der Waals surface area contributed by atoms with Crippen molar-refractivity contribution in [1.29, 1.82) is 0 Å². The fourth-order valence-electron chi connectivity index (χ4n) is 8.81. The van der Waals surface area contributed by atoms with Gasteiger partial charge in [-0.3, -0.25) is 4.57 Å². The number of ether oxygens (including phenoxy) is 1. The zero-order valence-corrected chi connectivity index (χ0v) is 33.1. The van der Waals surface area contributed by atoms with Gasteiger partial charge in [0.15, 0.2) is 0 Å². The van der Waals surface area contributed by atoms with E-state index in [4.69, 9.17) is 9.72 Å². The molecular weight excluding hydrogens is 753 g/mol. The number of pyridine rings is 1. The van der Waals surface area contributed by atoms with Crippen molar-refractivity contribution in [2.24, 2.45) is 0 Å². The molecule has 0 amide bonds. The molecular formula is C54H34N4OS+2. The van der Waals surface area contributed by atoms with Gasteiger partial charge >= 0.3 is 11.7 Å². The Kier molecular flexibility index (Phi) is 7.91. The molecule has 0 aliphatic carbocycles. The van der Waals surface area contributed by atoms with Crippen molar-refractivity contribution < 1.29 is 4.74 Å². The SMILES string of the molecule is C1=[N+](c2cccc(Oc3ccc4c5ccccc5n(-c5ccccn5)c4c3)c2)c2ccc3sc4ccccc4c3c2[N+]=1c1c(-c2ccccc2)cccc1-c1ccccc1. The molecule has 280 valence electrons. The highest BCUT2D eigenvalue weighted by molar-refractivity contribution is 7.26. The first kappa shape index (κ1) is 34.2. The zero-order chi connectivity index (χ0) is 39.6. The maximum absolute atomic E-state index is 6.74. The minimum atomic E-state index is 0.728. The number of hydrogen-bond donors (Lipinski definition) is 0. The van der Waals surface area contributed by atoms with E-state index in [2.05, 4.69) is 196 Å². The number of nitrogens with zero attached hydrogens (tertiary/aromatic N) is 4. The molecule has 1 aliphatic heterocycles. The predicted octanol–water partition coefficient (Wildman–Crippen LogP) is 14.5. The number of fused-ring (bicyclic) bond motifs is 8. The van der Waals surface area contributed by atoms with E-state index in [0.717, 1.165) is 78.7 Å². The van der Waals surface area contributed by atoms with E-state index >= 15 is 0 Å². The number of hydrogen-bond acceptors (Lipinski definition) is 3. The second-order valence-electron chi connectivity index (χ2n) is 14.9. The van der Waals surface area contributed by atoms with E-state index in [1.165, 1.54) is 25.6 Å². The van der Waals surface area contributed by atoms with Crippen LogP contribution >= 0.6 is 11.3 Å². The Bertz CT molecular complexity index is 3490. The van der Waals surface area contributed by atoms with E-state index < -0.39 is 0 Å². The average Bonchev–Trinajstić information content (AvgIpc) is 3.99. The molecule has 0 spiro atoms. The molecule has 8 aromatic carbocycles. The average molecular weight is 787 g/mol. The van der Waals surface area contributed by atoms with Gasteiger partial charge in [0.1, 0.15) is 17.3 Å². The summed E-state index contributed by atoms with van der Waals surface area (Å²) < 4.78 is 15.9.